The van der Waals surface area contributed by atoms with E-state index in [-0.39, 0.29) is 5.54 Å². The van der Waals surface area contributed by atoms with Crippen molar-refractivity contribution < 1.29 is 0 Å². The lowest BCUT2D eigenvalue weighted by molar-refractivity contribution is 0.870. The largest absolute Gasteiger partial charge is 0.348 e. The van der Waals surface area contributed by atoms with E-state index in [2.05, 4.69) is 0 Å². The Hall–Kier alpha value is 0.597. The Morgan fingerprint density at radius 3 is 2.40 bits per heavy atom. The maximum absolute atomic E-state index is 6.07. The maximum atomic E-state index is 6.07. The van der Waals surface area contributed by atoms with Crippen LogP contribution in [0.4, 0.5) is 0 Å². The minimum absolute atomic E-state index is 0.0469. The molecule has 0 nitrogen and oxygen atoms in total. The van der Waals surface area contributed by atoms with Crippen molar-refractivity contribution in [2.45, 2.75) is 24.8 Å². The number of halogens is 4. The van der Waals surface area contributed by atoms with Crippen molar-refractivity contribution in [3.63, 3.8) is 0 Å². The van der Waals surface area contributed by atoms with E-state index in [0.717, 1.165) is 17.5 Å². The van der Waals surface area contributed by atoms with Crippen LogP contribution in [0.2, 0.25) is 0 Å². The average molecular weight is 302 g/mol. The maximum Gasteiger partial charge on any atom is 0.348 e. The molecule has 0 aliphatic carbocycles. The predicted molar refractivity (Wildman–Crippen MR) is 72.3 cm³/mol. The molecule has 84 valence electrons. The first-order chi connectivity index (χ1) is 6.99. The van der Waals surface area contributed by atoms with Gasteiger partial charge in [0.2, 0.25) is 0 Å². The minimum Gasteiger partial charge on any atom is -0.125 e. The van der Waals surface area contributed by atoms with E-state index >= 15 is 0 Å². The number of hydrogen-bond donors (Lipinski definition) is 0. The molecular formula is C10H12Cl4Si. The second-order valence-corrected chi connectivity index (χ2v) is 12.5. The van der Waals surface area contributed by atoms with Crippen LogP contribution in [0, 0.1) is 0 Å². The summed E-state index contributed by atoms with van der Waals surface area (Å²) < 4.78 is 0. The molecule has 1 unspecified atom stereocenters. The second-order valence-electron chi connectivity index (χ2n) is 3.38. The van der Waals surface area contributed by atoms with Gasteiger partial charge < -0.3 is 0 Å². The molecule has 0 N–H and O–H groups in total. The van der Waals surface area contributed by atoms with Gasteiger partial charge in [-0.2, -0.15) is 0 Å². The smallest absolute Gasteiger partial charge is 0.125 e. The lowest BCUT2D eigenvalue weighted by Crippen LogP contribution is -2.22. The van der Waals surface area contributed by atoms with Crippen LogP contribution in [0.25, 0.3) is 0 Å². The quantitative estimate of drug-likeness (QED) is 0.412. The van der Waals surface area contributed by atoms with E-state index in [1.165, 1.54) is 0 Å². The Morgan fingerprint density at radius 2 is 1.93 bits per heavy atom. The van der Waals surface area contributed by atoms with Gasteiger partial charge in [0.05, 0.1) is 0 Å². The molecular weight excluding hydrogens is 290 g/mol. The lowest BCUT2D eigenvalue weighted by Gasteiger charge is -2.21. The standard InChI is InChI=1S/C10H12Cl4Si/c1-2-10(15(12,13)14)9-5-3-4-8(6-9)7-11/h3-6,10H,2,7H2,1H3. The van der Waals surface area contributed by atoms with Gasteiger partial charge >= 0.3 is 6.00 Å². The Balaban J connectivity index is 3.02. The van der Waals surface area contributed by atoms with Crippen LogP contribution in [-0.2, 0) is 5.88 Å². The Kier molecular flexibility index (Phi) is 5.27. The van der Waals surface area contributed by atoms with E-state index < -0.39 is 6.00 Å². The van der Waals surface area contributed by atoms with Gasteiger partial charge in [-0.15, -0.1) is 44.8 Å². The first-order valence-corrected chi connectivity index (χ1v) is 10.3. The van der Waals surface area contributed by atoms with Gasteiger partial charge in [-0.3, -0.25) is 0 Å². The van der Waals surface area contributed by atoms with Crippen LogP contribution in [0.5, 0.6) is 0 Å². The first-order valence-electron chi connectivity index (χ1n) is 4.70. The van der Waals surface area contributed by atoms with Gasteiger partial charge in [0.1, 0.15) is 0 Å². The van der Waals surface area contributed by atoms with Gasteiger partial charge in [0.25, 0.3) is 0 Å². The minimum atomic E-state index is -2.69. The third-order valence-electron chi connectivity index (χ3n) is 2.31. The van der Waals surface area contributed by atoms with Gasteiger partial charge in [-0.1, -0.05) is 31.2 Å². The van der Waals surface area contributed by atoms with Crippen molar-refractivity contribution in [3.05, 3.63) is 35.4 Å². The number of benzene rings is 1. The zero-order valence-electron chi connectivity index (χ0n) is 8.31. The molecule has 0 fully saturated rings. The zero-order chi connectivity index (χ0) is 11.5. The molecule has 1 atom stereocenters. The SMILES string of the molecule is CCC(c1cccc(CCl)c1)[Si](Cl)(Cl)Cl. The van der Waals surface area contributed by atoms with Gasteiger partial charge in [0.15, 0.2) is 0 Å². The predicted octanol–water partition coefficient (Wildman–Crippen LogP) is 5.11. The molecule has 0 spiro atoms. The Labute approximate surface area is 111 Å². The number of alkyl halides is 1. The molecule has 0 aliphatic rings. The summed E-state index contributed by atoms with van der Waals surface area (Å²) in [7, 11) is 0. The second kappa shape index (κ2) is 5.79. The highest BCUT2D eigenvalue weighted by Gasteiger charge is 2.36. The fraction of sp³-hybridized carbons (Fsp3) is 0.400. The summed E-state index contributed by atoms with van der Waals surface area (Å²) >= 11 is 24.0. The van der Waals surface area contributed by atoms with Crippen LogP contribution in [-0.4, -0.2) is 6.00 Å². The molecule has 0 amide bonds. The molecule has 0 heterocycles. The van der Waals surface area contributed by atoms with Crippen molar-refractivity contribution in [1.29, 1.82) is 0 Å². The Bertz CT molecular complexity index is 321. The number of rotatable bonds is 4. The molecule has 0 radical (unpaired) electrons. The van der Waals surface area contributed by atoms with Gasteiger partial charge in [0, 0.05) is 11.4 Å². The van der Waals surface area contributed by atoms with Crippen molar-refractivity contribution >= 4 is 50.8 Å². The molecule has 1 aromatic carbocycles. The molecule has 0 aliphatic heterocycles. The van der Waals surface area contributed by atoms with Crippen LogP contribution in [0.1, 0.15) is 30.0 Å². The summed E-state index contributed by atoms with van der Waals surface area (Å²) in [4.78, 5) is 0. The fourth-order valence-electron chi connectivity index (χ4n) is 1.55. The van der Waals surface area contributed by atoms with E-state index in [0.29, 0.717) is 5.88 Å². The highest BCUT2D eigenvalue weighted by Crippen LogP contribution is 2.39. The van der Waals surface area contributed by atoms with E-state index in [9.17, 15) is 0 Å². The normalized spacial score (nSPS) is 13.9. The van der Waals surface area contributed by atoms with Crippen LogP contribution >= 0.6 is 44.8 Å². The molecule has 1 aromatic rings. The third kappa shape index (κ3) is 3.83. The monoisotopic (exact) mass is 300 g/mol. The molecule has 0 aromatic heterocycles. The van der Waals surface area contributed by atoms with Gasteiger partial charge in [-0.25, -0.2) is 0 Å². The molecule has 1 rings (SSSR count). The fourth-order valence-corrected chi connectivity index (χ4v) is 5.26. The topological polar surface area (TPSA) is 0 Å². The molecule has 5 heteroatoms. The summed E-state index contributed by atoms with van der Waals surface area (Å²) in [5.41, 5.74) is 2.20. The zero-order valence-corrected chi connectivity index (χ0v) is 12.3. The average Bonchev–Trinajstić information content (AvgIpc) is 2.17. The Morgan fingerprint density at radius 1 is 1.27 bits per heavy atom. The van der Waals surface area contributed by atoms with Crippen molar-refractivity contribution in [3.8, 4) is 0 Å². The van der Waals surface area contributed by atoms with Crippen LogP contribution in [0.3, 0.4) is 0 Å². The first kappa shape index (κ1) is 13.7. The highest BCUT2D eigenvalue weighted by molar-refractivity contribution is 7.65. The molecule has 0 saturated heterocycles. The summed E-state index contributed by atoms with van der Waals surface area (Å²) in [5.74, 6) is 0.492. The summed E-state index contributed by atoms with van der Waals surface area (Å²) in [6.07, 6.45) is 0.842. The summed E-state index contributed by atoms with van der Waals surface area (Å²) in [5, 5.41) is 0. The van der Waals surface area contributed by atoms with Crippen molar-refractivity contribution in [2.24, 2.45) is 0 Å². The van der Waals surface area contributed by atoms with Crippen molar-refractivity contribution in [2.75, 3.05) is 0 Å². The summed E-state index contributed by atoms with van der Waals surface area (Å²) in [6, 6.07) is 5.27. The molecule has 0 bridgehead atoms. The lowest BCUT2D eigenvalue weighted by atomic mass is 10.1. The van der Waals surface area contributed by atoms with E-state index in [1.54, 1.807) is 0 Å². The number of hydrogen-bond acceptors (Lipinski definition) is 0. The van der Waals surface area contributed by atoms with E-state index in [1.807, 2.05) is 31.2 Å². The van der Waals surface area contributed by atoms with Crippen molar-refractivity contribution in [1.82, 2.24) is 0 Å². The molecule has 15 heavy (non-hydrogen) atoms. The molecule has 0 saturated carbocycles. The summed E-state index contributed by atoms with van der Waals surface area (Å²) in [6.45, 7) is 2.03. The third-order valence-corrected chi connectivity index (χ3v) is 6.52. The van der Waals surface area contributed by atoms with Gasteiger partial charge in [-0.05, 0) is 17.5 Å². The van der Waals surface area contributed by atoms with Crippen LogP contribution in [0.15, 0.2) is 24.3 Å². The van der Waals surface area contributed by atoms with E-state index in [4.69, 9.17) is 44.8 Å². The highest BCUT2D eigenvalue weighted by atomic mass is 35.8. The van der Waals surface area contributed by atoms with Crippen LogP contribution < -0.4 is 0 Å².